The smallest absolute Gasteiger partial charge is 0.129 e. The van der Waals surface area contributed by atoms with Crippen LogP contribution in [-0.2, 0) is 0 Å². The van der Waals surface area contributed by atoms with Crippen molar-refractivity contribution in [3.05, 3.63) is 28.5 Å². The van der Waals surface area contributed by atoms with Crippen LogP contribution in [0.25, 0.3) is 0 Å². The maximum atomic E-state index is 5.88. The fourth-order valence-electron chi connectivity index (χ4n) is 3.09. The summed E-state index contributed by atoms with van der Waals surface area (Å²) in [7, 11) is 0. The topological polar surface area (TPSA) is 24.9 Å². The van der Waals surface area contributed by atoms with Crippen molar-refractivity contribution >= 4 is 11.6 Å². The van der Waals surface area contributed by atoms with Crippen LogP contribution in [0.3, 0.4) is 0 Å². The molecule has 2 nitrogen and oxygen atoms in total. The Morgan fingerprint density at radius 3 is 2.93 bits per heavy atom. The number of nitrogens with zero attached hydrogens (tertiary/aromatic N) is 1. The number of hydrogen-bond acceptors (Lipinski definition) is 2. The predicted molar refractivity (Wildman–Crippen MR) is 61.3 cm³/mol. The first kappa shape index (κ1) is 9.61. The first-order chi connectivity index (χ1) is 7.24. The summed E-state index contributed by atoms with van der Waals surface area (Å²) in [4.78, 5) is 4.21. The van der Waals surface area contributed by atoms with E-state index in [9.17, 15) is 0 Å². The van der Waals surface area contributed by atoms with Crippen LogP contribution in [-0.4, -0.2) is 17.1 Å². The van der Waals surface area contributed by atoms with E-state index >= 15 is 0 Å². The summed E-state index contributed by atoms with van der Waals surface area (Å²) in [5.74, 6) is 0.661. The first-order valence-electron chi connectivity index (χ1n) is 5.62. The van der Waals surface area contributed by atoms with E-state index < -0.39 is 0 Å². The third kappa shape index (κ3) is 1.56. The molecular weight excluding hydrogens is 208 g/mol. The Hall–Kier alpha value is -0.600. The van der Waals surface area contributed by atoms with Crippen molar-refractivity contribution in [2.75, 3.05) is 0 Å². The van der Waals surface area contributed by atoms with Gasteiger partial charge in [0.05, 0.1) is 0 Å². The summed E-state index contributed by atoms with van der Waals surface area (Å²) in [6, 6.07) is 3.40. The maximum absolute atomic E-state index is 5.88. The van der Waals surface area contributed by atoms with E-state index in [4.69, 9.17) is 11.6 Å². The highest BCUT2D eigenvalue weighted by molar-refractivity contribution is 6.29. The molecule has 3 heterocycles. The van der Waals surface area contributed by atoms with Crippen molar-refractivity contribution in [3.8, 4) is 0 Å². The third-order valence-electron chi connectivity index (χ3n) is 3.82. The van der Waals surface area contributed by atoms with E-state index in [1.54, 1.807) is 0 Å². The number of nitrogens with one attached hydrogen (secondary N) is 1. The van der Waals surface area contributed by atoms with Gasteiger partial charge >= 0.3 is 0 Å². The second-order valence-corrected chi connectivity index (χ2v) is 5.14. The van der Waals surface area contributed by atoms with Crippen molar-refractivity contribution < 1.29 is 0 Å². The molecule has 2 fully saturated rings. The molecule has 0 spiro atoms. The van der Waals surface area contributed by atoms with Gasteiger partial charge in [0.1, 0.15) is 5.15 Å². The Morgan fingerprint density at radius 2 is 2.33 bits per heavy atom. The molecule has 3 heteroatoms. The summed E-state index contributed by atoms with van der Waals surface area (Å²) in [5.41, 5.74) is 2.67. The van der Waals surface area contributed by atoms with Gasteiger partial charge in [-0.1, -0.05) is 11.6 Å². The van der Waals surface area contributed by atoms with E-state index in [1.807, 2.05) is 12.3 Å². The minimum atomic E-state index is 0.604. The SMILES string of the molecule is Cc1cc(Cl)ncc1[C@H]1C[C@@H]2CC[C@H]1N2. The molecule has 0 amide bonds. The Bertz CT molecular complexity index is 391. The number of aryl methyl sites for hydroxylation is 1. The van der Waals surface area contributed by atoms with Crippen LogP contribution in [0.2, 0.25) is 5.15 Å². The molecule has 3 rings (SSSR count). The zero-order valence-electron chi connectivity index (χ0n) is 8.83. The largest absolute Gasteiger partial charge is 0.311 e. The van der Waals surface area contributed by atoms with Crippen LogP contribution >= 0.6 is 11.6 Å². The van der Waals surface area contributed by atoms with E-state index in [0.29, 0.717) is 17.1 Å². The average molecular weight is 223 g/mol. The second-order valence-electron chi connectivity index (χ2n) is 4.75. The Labute approximate surface area is 95.0 Å². The molecule has 0 saturated carbocycles. The summed E-state index contributed by atoms with van der Waals surface area (Å²) in [6.45, 7) is 2.13. The molecule has 3 atom stereocenters. The van der Waals surface area contributed by atoms with Crippen LogP contribution in [0.4, 0.5) is 0 Å². The predicted octanol–water partition coefficient (Wildman–Crippen LogP) is 2.65. The molecule has 0 aliphatic carbocycles. The molecule has 1 N–H and O–H groups in total. The lowest BCUT2D eigenvalue weighted by atomic mass is 9.83. The van der Waals surface area contributed by atoms with Gasteiger partial charge in [-0.25, -0.2) is 4.98 Å². The van der Waals surface area contributed by atoms with Crippen molar-refractivity contribution in [1.29, 1.82) is 0 Å². The highest BCUT2D eigenvalue weighted by atomic mass is 35.5. The van der Waals surface area contributed by atoms with Crippen LogP contribution in [0.5, 0.6) is 0 Å². The number of halogens is 1. The van der Waals surface area contributed by atoms with E-state index in [1.165, 1.54) is 30.4 Å². The quantitative estimate of drug-likeness (QED) is 0.739. The molecular formula is C12H15ClN2. The lowest BCUT2D eigenvalue weighted by Crippen LogP contribution is -2.22. The van der Waals surface area contributed by atoms with Gasteiger partial charge in [0.25, 0.3) is 0 Å². The van der Waals surface area contributed by atoms with Gasteiger partial charge in [0.2, 0.25) is 0 Å². The van der Waals surface area contributed by atoms with Crippen LogP contribution in [0.1, 0.15) is 36.3 Å². The van der Waals surface area contributed by atoms with E-state index in [0.717, 1.165) is 6.04 Å². The zero-order valence-corrected chi connectivity index (χ0v) is 9.59. The number of rotatable bonds is 1. The molecule has 2 saturated heterocycles. The maximum Gasteiger partial charge on any atom is 0.129 e. The fourth-order valence-corrected chi connectivity index (χ4v) is 3.30. The molecule has 0 unspecified atom stereocenters. The average Bonchev–Trinajstić information content (AvgIpc) is 2.78. The van der Waals surface area contributed by atoms with Crippen molar-refractivity contribution in [2.24, 2.45) is 0 Å². The summed E-state index contributed by atoms with van der Waals surface area (Å²) >= 11 is 5.88. The summed E-state index contributed by atoms with van der Waals surface area (Å²) in [6.07, 6.45) is 5.90. The molecule has 0 radical (unpaired) electrons. The highest BCUT2D eigenvalue weighted by Gasteiger charge is 2.40. The van der Waals surface area contributed by atoms with Crippen LogP contribution < -0.4 is 5.32 Å². The molecule has 80 valence electrons. The van der Waals surface area contributed by atoms with E-state index in [-0.39, 0.29) is 0 Å². The van der Waals surface area contributed by atoms with Gasteiger partial charge in [-0.15, -0.1) is 0 Å². The lowest BCUT2D eigenvalue weighted by molar-refractivity contribution is 0.504. The molecule has 2 bridgehead atoms. The highest BCUT2D eigenvalue weighted by Crippen LogP contribution is 2.40. The minimum Gasteiger partial charge on any atom is -0.311 e. The monoisotopic (exact) mass is 222 g/mol. The minimum absolute atomic E-state index is 0.604. The van der Waals surface area contributed by atoms with Crippen molar-refractivity contribution in [1.82, 2.24) is 10.3 Å². The molecule has 15 heavy (non-hydrogen) atoms. The molecule has 1 aromatic rings. The van der Waals surface area contributed by atoms with Gasteiger partial charge in [-0.05, 0) is 43.4 Å². The summed E-state index contributed by atoms with van der Waals surface area (Å²) < 4.78 is 0. The first-order valence-corrected chi connectivity index (χ1v) is 6.00. The number of pyridine rings is 1. The van der Waals surface area contributed by atoms with Gasteiger partial charge in [-0.3, -0.25) is 0 Å². The van der Waals surface area contributed by atoms with Crippen LogP contribution in [0.15, 0.2) is 12.3 Å². The van der Waals surface area contributed by atoms with E-state index in [2.05, 4.69) is 17.2 Å². The standard InChI is InChI=1S/C12H15ClN2/c1-7-4-12(13)14-6-10(7)9-5-8-2-3-11(9)15-8/h4,6,8-9,11,15H,2-3,5H2,1H3/t8-,9+,11+/m0/s1. The summed E-state index contributed by atoms with van der Waals surface area (Å²) in [5, 5.41) is 4.26. The molecule has 1 aromatic heterocycles. The third-order valence-corrected chi connectivity index (χ3v) is 4.02. The second kappa shape index (κ2) is 3.46. The Kier molecular flexibility index (Phi) is 2.22. The van der Waals surface area contributed by atoms with Crippen LogP contribution in [0, 0.1) is 6.92 Å². The number of fused-ring (bicyclic) bond motifs is 2. The molecule has 2 aliphatic rings. The molecule has 0 aromatic carbocycles. The van der Waals surface area contributed by atoms with Crippen molar-refractivity contribution in [3.63, 3.8) is 0 Å². The normalized spacial score (nSPS) is 33.6. The Balaban J connectivity index is 1.93. The number of aromatic nitrogens is 1. The van der Waals surface area contributed by atoms with Gasteiger partial charge in [0.15, 0.2) is 0 Å². The Morgan fingerprint density at radius 1 is 1.47 bits per heavy atom. The fraction of sp³-hybridized carbons (Fsp3) is 0.583. The van der Waals surface area contributed by atoms with Gasteiger partial charge in [0, 0.05) is 24.2 Å². The van der Waals surface area contributed by atoms with Gasteiger partial charge in [-0.2, -0.15) is 0 Å². The zero-order chi connectivity index (χ0) is 10.4. The lowest BCUT2D eigenvalue weighted by Gasteiger charge is -2.21. The number of hydrogen-bond donors (Lipinski definition) is 1. The molecule has 2 aliphatic heterocycles. The van der Waals surface area contributed by atoms with Crippen molar-refractivity contribution in [2.45, 2.75) is 44.2 Å². The van der Waals surface area contributed by atoms with Gasteiger partial charge < -0.3 is 5.32 Å².